The minimum absolute atomic E-state index is 0.308. The van der Waals surface area contributed by atoms with Gasteiger partial charge in [0.1, 0.15) is 23.3 Å². The Bertz CT molecular complexity index is 1190. The number of rotatable bonds is 4. The third-order valence-corrected chi connectivity index (χ3v) is 5.66. The first-order valence-corrected chi connectivity index (χ1v) is 10.4. The van der Waals surface area contributed by atoms with Crippen LogP contribution < -0.4 is 16.0 Å². The summed E-state index contributed by atoms with van der Waals surface area (Å²) in [5.74, 6) is -5.75. The lowest BCUT2D eigenvalue weighted by atomic mass is 9.92. The van der Waals surface area contributed by atoms with Gasteiger partial charge in [0.2, 0.25) is 0 Å². The molecule has 0 radical (unpaired) electrons. The zero-order chi connectivity index (χ0) is 23.8. The first-order chi connectivity index (χ1) is 15.7. The summed E-state index contributed by atoms with van der Waals surface area (Å²) in [6.45, 7) is 3.19. The summed E-state index contributed by atoms with van der Waals surface area (Å²) in [5, 5.41) is 2.59. The second kappa shape index (κ2) is 8.82. The fourth-order valence-corrected chi connectivity index (χ4v) is 4.12. The Labute approximate surface area is 188 Å². The van der Waals surface area contributed by atoms with Crippen molar-refractivity contribution in [2.45, 2.75) is 25.3 Å². The van der Waals surface area contributed by atoms with Crippen molar-refractivity contribution >= 4 is 17.3 Å². The molecule has 1 aliphatic heterocycles. The van der Waals surface area contributed by atoms with Gasteiger partial charge in [0.05, 0.1) is 34.3 Å². The summed E-state index contributed by atoms with van der Waals surface area (Å²) in [6, 6.07) is 6.28. The molecule has 3 N–H and O–H groups in total. The molecule has 9 heteroatoms. The van der Waals surface area contributed by atoms with Crippen LogP contribution in [0.15, 0.2) is 48.8 Å². The van der Waals surface area contributed by atoms with Crippen LogP contribution in [0.3, 0.4) is 0 Å². The summed E-state index contributed by atoms with van der Waals surface area (Å²) in [6.07, 6.45) is 4.68. The van der Waals surface area contributed by atoms with Crippen LogP contribution in [0.25, 0.3) is 11.1 Å². The third-order valence-electron chi connectivity index (χ3n) is 5.66. The van der Waals surface area contributed by atoms with E-state index in [-0.39, 0.29) is 0 Å². The standard InChI is InChI=1S/C24H22F4N4O/c1-24(29)9-3-11-32(13-24)19-8-10-30-12-18(19)31-23(33)14-6-7-17(27)21(22(14)28)20-15(25)4-2-5-16(20)26/h2,4-8,10,12H,3,9,11,13,29H2,1H3,(H,31,33). The van der Waals surface area contributed by atoms with Crippen molar-refractivity contribution in [3.05, 3.63) is 77.6 Å². The molecule has 0 bridgehead atoms. The summed E-state index contributed by atoms with van der Waals surface area (Å²) in [4.78, 5) is 19.0. The van der Waals surface area contributed by atoms with Crippen molar-refractivity contribution < 1.29 is 22.4 Å². The minimum Gasteiger partial charge on any atom is -0.368 e. The Kier molecular flexibility index (Phi) is 6.07. The van der Waals surface area contributed by atoms with Gasteiger partial charge in [0.25, 0.3) is 5.91 Å². The highest BCUT2D eigenvalue weighted by Gasteiger charge is 2.29. The molecule has 1 fully saturated rings. The van der Waals surface area contributed by atoms with Crippen molar-refractivity contribution in [3.63, 3.8) is 0 Å². The summed E-state index contributed by atoms with van der Waals surface area (Å²) < 4.78 is 58.0. The highest BCUT2D eigenvalue weighted by atomic mass is 19.1. The molecule has 5 nitrogen and oxygen atoms in total. The van der Waals surface area contributed by atoms with Gasteiger partial charge in [-0.2, -0.15) is 0 Å². The summed E-state index contributed by atoms with van der Waals surface area (Å²) in [5.41, 5.74) is 4.45. The average molecular weight is 458 g/mol. The monoisotopic (exact) mass is 458 g/mol. The van der Waals surface area contributed by atoms with E-state index < -0.39 is 51.4 Å². The predicted octanol–water partition coefficient (Wildman–Crippen LogP) is 4.87. The highest BCUT2D eigenvalue weighted by Crippen LogP contribution is 2.34. The molecular weight excluding hydrogens is 436 g/mol. The zero-order valence-corrected chi connectivity index (χ0v) is 17.8. The van der Waals surface area contributed by atoms with E-state index in [9.17, 15) is 18.0 Å². The Hall–Kier alpha value is -3.46. The fourth-order valence-electron chi connectivity index (χ4n) is 4.12. The van der Waals surface area contributed by atoms with E-state index in [0.29, 0.717) is 24.5 Å². The maximum Gasteiger partial charge on any atom is 0.258 e. The quantitative estimate of drug-likeness (QED) is 0.547. The largest absolute Gasteiger partial charge is 0.368 e. The molecule has 1 unspecified atom stereocenters. The molecule has 1 aliphatic rings. The number of benzene rings is 2. The maximum absolute atomic E-state index is 15.2. The molecular formula is C24H22F4N4O. The summed E-state index contributed by atoms with van der Waals surface area (Å²) >= 11 is 0. The molecule has 1 atom stereocenters. The van der Waals surface area contributed by atoms with Crippen LogP contribution in [0.2, 0.25) is 0 Å². The van der Waals surface area contributed by atoms with Crippen molar-refractivity contribution in [1.29, 1.82) is 0 Å². The molecule has 0 saturated carbocycles. The van der Waals surface area contributed by atoms with Crippen LogP contribution in [0.5, 0.6) is 0 Å². The lowest BCUT2D eigenvalue weighted by Gasteiger charge is -2.39. The van der Waals surface area contributed by atoms with E-state index in [0.717, 1.165) is 43.2 Å². The van der Waals surface area contributed by atoms with Crippen LogP contribution >= 0.6 is 0 Å². The number of nitrogens with one attached hydrogen (secondary N) is 1. The van der Waals surface area contributed by atoms with E-state index in [1.807, 2.05) is 11.8 Å². The topological polar surface area (TPSA) is 71.2 Å². The number of anilines is 2. The number of aromatic nitrogens is 1. The lowest BCUT2D eigenvalue weighted by molar-refractivity contribution is 0.102. The van der Waals surface area contributed by atoms with Crippen molar-refractivity contribution in [2.24, 2.45) is 5.73 Å². The van der Waals surface area contributed by atoms with Crippen LogP contribution in [0, 0.1) is 23.3 Å². The van der Waals surface area contributed by atoms with E-state index >= 15 is 4.39 Å². The second-order valence-electron chi connectivity index (χ2n) is 8.41. The highest BCUT2D eigenvalue weighted by molar-refractivity contribution is 6.06. The van der Waals surface area contributed by atoms with Crippen molar-refractivity contribution in [3.8, 4) is 11.1 Å². The molecule has 0 spiro atoms. The number of hydrogen-bond acceptors (Lipinski definition) is 4. The maximum atomic E-state index is 15.2. The number of piperidine rings is 1. The number of nitrogens with zero attached hydrogens (tertiary/aromatic N) is 2. The fraction of sp³-hybridized carbons (Fsp3) is 0.250. The molecule has 2 aromatic carbocycles. The molecule has 172 valence electrons. The van der Waals surface area contributed by atoms with E-state index in [2.05, 4.69) is 10.3 Å². The molecule has 2 heterocycles. The Morgan fingerprint density at radius 2 is 1.76 bits per heavy atom. The molecule has 33 heavy (non-hydrogen) atoms. The predicted molar refractivity (Wildman–Crippen MR) is 118 cm³/mol. The molecule has 1 saturated heterocycles. The van der Waals surface area contributed by atoms with E-state index in [1.54, 1.807) is 12.3 Å². The first kappa shape index (κ1) is 22.7. The minimum atomic E-state index is -1.37. The number of amides is 1. The van der Waals surface area contributed by atoms with Gasteiger partial charge in [-0.05, 0) is 50.1 Å². The average Bonchev–Trinajstić information content (AvgIpc) is 2.75. The van der Waals surface area contributed by atoms with Crippen molar-refractivity contribution in [1.82, 2.24) is 4.98 Å². The van der Waals surface area contributed by atoms with Gasteiger partial charge in [-0.3, -0.25) is 9.78 Å². The number of pyridine rings is 1. The molecule has 1 amide bonds. The second-order valence-corrected chi connectivity index (χ2v) is 8.41. The zero-order valence-electron chi connectivity index (χ0n) is 17.8. The SMILES string of the molecule is CC1(N)CCCN(c2ccncc2NC(=O)c2ccc(F)c(-c3c(F)cccc3F)c2F)C1. The number of nitrogens with two attached hydrogens (primary N) is 1. The lowest BCUT2D eigenvalue weighted by Crippen LogP contribution is -2.52. The molecule has 1 aromatic heterocycles. The molecule has 3 aromatic rings. The van der Waals surface area contributed by atoms with Gasteiger partial charge in [0, 0.05) is 24.8 Å². The van der Waals surface area contributed by atoms with Crippen LogP contribution in [0.1, 0.15) is 30.1 Å². The van der Waals surface area contributed by atoms with Gasteiger partial charge in [-0.25, -0.2) is 17.6 Å². The Balaban J connectivity index is 1.69. The Morgan fingerprint density at radius 3 is 2.45 bits per heavy atom. The van der Waals surface area contributed by atoms with Crippen LogP contribution in [0.4, 0.5) is 28.9 Å². The smallest absolute Gasteiger partial charge is 0.258 e. The van der Waals surface area contributed by atoms with Crippen LogP contribution in [-0.4, -0.2) is 29.5 Å². The van der Waals surface area contributed by atoms with Crippen LogP contribution in [-0.2, 0) is 0 Å². The van der Waals surface area contributed by atoms with E-state index in [1.165, 1.54) is 6.20 Å². The first-order valence-electron chi connectivity index (χ1n) is 10.4. The number of halogens is 4. The molecule has 0 aliphatic carbocycles. The van der Waals surface area contributed by atoms with Gasteiger partial charge in [-0.1, -0.05) is 6.07 Å². The number of carbonyl (C=O) groups excluding carboxylic acids is 1. The summed E-state index contributed by atoms with van der Waals surface area (Å²) in [7, 11) is 0. The van der Waals surface area contributed by atoms with Gasteiger partial charge >= 0.3 is 0 Å². The van der Waals surface area contributed by atoms with Gasteiger partial charge in [-0.15, -0.1) is 0 Å². The number of hydrogen-bond donors (Lipinski definition) is 2. The van der Waals surface area contributed by atoms with Gasteiger partial charge in [0.15, 0.2) is 0 Å². The number of carbonyl (C=O) groups is 1. The van der Waals surface area contributed by atoms with Crippen molar-refractivity contribution in [2.75, 3.05) is 23.3 Å². The van der Waals surface area contributed by atoms with Gasteiger partial charge < -0.3 is 16.0 Å². The molecule has 4 rings (SSSR count). The normalized spacial score (nSPS) is 18.3. The third kappa shape index (κ3) is 4.54. The Morgan fingerprint density at radius 1 is 1.06 bits per heavy atom. The van der Waals surface area contributed by atoms with E-state index in [4.69, 9.17) is 5.73 Å².